The number of carbonyl (C=O) groups excluding carboxylic acids is 2. The highest BCUT2D eigenvalue weighted by Crippen LogP contribution is 2.31. The quantitative estimate of drug-likeness (QED) is 0.451. The summed E-state index contributed by atoms with van der Waals surface area (Å²) in [6, 6.07) is 19.0. The molecule has 0 fully saturated rings. The van der Waals surface area contributed by atoms with Gasteiger partial charge >= 0.3 is 5.97 Å². The van der Waals surface area contributed by atoms with Gasteiger partial charge in [0.1, 0.15) is 0 Å². The third kappa shape index (κ3) is 4.07. The van der Waals surface area contributed by atoms with Crippen molar-refractivity contribution in [3.63, 3.8) is 0 Å². The lowest BCUT2D eigenvalue weighted by atomic mass is 9.86. The van der Waals surface area contributed by atoms with E-state index in [1.165, 1.54) is 0 Å². The van der Waals surface area contributed by atoms with Gasteiger partial charge in [0, 0.05) is 23.5 Å². The van der Waals surface area contributed by atoms with Crippen LogP contribution in [0.1, 0.15) is 46.2 Å². The first-order valence-corrected chi connectivity index (χ1v) is 10.1. The van der Waals surface area contributed by atoms with Crippen molar-refractivity contribution < 1.29 is 19.4 Å². The number of hydrogen-bond acceptors (Lipinski definition) is 4. The van der Waals surface area contributed by atoms with Crippen molar-refractivity contribution in [2.24, 2.45) is 0 Å². The molecule has 0 amide bonds. The number of ketones is 1. The summed E-state index contributed by atoms with van der Waals surface area (Å²) in [5.41, 5.74) is 1.16. The lowest BCUT2D eigenvalue weighted by Crippen LogP contribution is -2.39. The van der Waals surface area contributed by atoms with Gasteiger partial charge in [0.15, 0.2) is 6.61 Å². The fourth-order valence-corrected chi connectivity index (χ4v) is 3.73. The molecule has 3 aromatic rings. The maximum absolute atomic E-state index is 13.0. The van der Waals surface area contributed by atoms with E-state index in [1.54, 1.807) is 60.7 Å². The van der Waals surface area contributed by atoms with Crippen molar-refractivity contribution in [3.05, 3.63) is 94.8 Å². The summed E-state index contributed by atoms with van der Waals surface area (Å²) in [5.74, 6) is -1.17. The Morgan fingerprint density at radius 2 is 1.50 bits per heavy atom. The monoisotopic (exact) mass is 405 g/mol. The van der Waals surface area contributed by atoms with Gasteiger partial charge in [-0.05, 0) is 37.5 Å². The highest BCUT2D eigenvalue weighted by molar-refractivity contribution is 6.00. The third-order valence-corrected chi connectivity index (χ3v) is 5.33. The number of aryl methyl sites for hydroxylation is 1. The van der Waals surface area contributed by atoms with Gasteiger partial charge < -0.3 is 14.4 Å². The van der Waals surface area contributed by atoms with E-state index in [1.807, 2.05) is 19.9 Å². The number of aromatic nitrogens is 1. The van der Waals surface area contributed by atoms with Crippen LogP contribution in [-0.2, 0) is 21.7 Å². The topological polar surface area (TPSA) is 68.5 Å². The second kappa shape index (κ2) is 9.09. The molecule has 0 aliphatic carbocycles. The number of aliphatic hydroxyl groups is 1. The summed E-state index contributed by atoms with van der Waals surface area (Å²) < 4.78 is 7.43. The molecule has 156 valence electrons. The Labute approximate surface area is 176 Å². The van der Waals surface area contributed by atoms with Gasteiger partial charge in [-0.3, -0.25) is 4.79 Å². The Morgan fingerprint density at radius 1 is 0.967 bits per heavy atom. The number of carbonyl (C=O) groups is 2. The summed E-state index contributed by atoms with van der Waals surface area (Å²) in [6.45, 7) is 6.32. The minimum absolute atomic E-state index is 0.290. The van der Waals surface area contributed by atoms with Crippen molar-refractivity contribution in [1.82, 2.24) is 4.57 Å². The predicted molar refractivity (Wildman–Crippen MR) is 115 cm³/mol. The summed E-state index contributed by atoms with van der Waals surface area (Å²) in [7, 11) is 0. The summed E-state index contributed by atoms with van der Waals surface area (Å²) in [4.78, 5) is 25.8. The molecule has 1 N–H and O–H groups in total. The smallest absolute Gasteiger partial charge is 0.348 e. The molecule has 0 radical (unpaired) electrons. The lowest BCUT2D eigenvalue weighted by molar-refractivity contribution is -0.160. The molecule has 0 aliphatic heterocycles. The number of nitrogens with zero attached hydrogens (tertiary/aromatic N) is 1. The molecule has 0 unspecified atom stereocenters. The first-order valence-electron chi connectivity index (χ1n) is 10.1. The van der Waals surface area contributed by atoms with Crippen LogP contribution in [0.25, 0.3) is 0 Å². The molecule has 3 rings (SSSR count). The average molecular weight is 405 g/mol. The van der Waals surface area contributed by atoms with Crippen LogP contribution in [0.5, 0.6) is 0 Å². The van der Waals surface area contributed by atoms with E-state index in [2.05, 4.69) is 11.5 Å². The molecule has 5 nitrogen and oxygen atoms in total. The van der Waals surface area contributed by atoms with E-state index in [9.17, 15) is 14.7 Å². The van der Waals surface area contributed by atoms with E-state index < -0.39 is 18.2 Å². The summed E-state index contributed by atoms with van der Waals surface area (Å²) >= 11 is 0. The van der Waals surface area contributed by atoms with Crippen molar-refractivity contribution in [2.75, 3.05) is 6.61 Å². The SMILES string of the molecule is CCCn1c(C)cc(C(=O)COC(=O)C(O)(c2ccccc2)c2ccccc2)c1C. The molecule has 0 spiro atoms. The number of hydrogen-bond donors (Lipinski definition) is 1. The molecule has 0 saturated carbocycles. The Bertz CT molecular complexity index is 983. The Hall–Kier alpha value is -3.18. The molecular formula is C25H27NO4. The van der Waals surface area contributed by atoms with E-state index in [4.69, 9.17) is 4.74 Å². The molecule has 0 bridgehead atoms. The van der Waals surface area contributed by atoms with E-state index >= 15 is 0 Å². The Kier molecular flexibility index (Phi) is 6.53. The molecule has 2 aromatic carbocycles. The van der Waals surface area contributed by atoms with Crippen LogP contribution in [0.2, 0.25) is 0 Å². The summed E-state index contributed by atoms with van der Waals surface area (Å²) in [5, 5.41) is 11.4. The largest absolute Gasteiger partial charge is 0.455 e. The fraction of sp³-hybridized carbons (Fsp3) is 0.280. The maximum Gasteiger partial charge on any atom is 0.348 e. The van der Waals surface area contributed by atoms with Gasteiger partial charge in [-0.25, -0.2) is 4.79 Å². The van der Waals surface area contributed by atoms with E-state index in [0.29, 0.717) is 16.7 Å². The minimum Gasteiger partial charge on any atom is -0.455 e. The van der Waals surface area contributed by atoms with Crippen LogP contribution in [0, 0.1) is 13.8 Å². The highest BCUT2D eigenvalue weighted by Gasteiger charge is 2.41. The normalized spacial score (nSPS) is 11.3. The van der Waals surface area contributed by atoms with Crippen molar-refractivity contribution in [3.8, 4) is 0 Å². The van der Waals surface area contributed by atoms with Crippen molar-refractivity contribution >= 4 is 11.8 Å². The number of esters is 1. The third-order valence-electron chi connectivity index (χ3n) is 5.33. The second-order valence-electron chi connectivity index (χ2n) is 7.38. The zero-order valence-electron chi connectivity index (χ0n) is 17.6. The lowest BCUT2D eigenvalue weighted by Gasteiger charge is -2.26. The highest BCUT2D eigenvalue weighted by atomic mass is 16.6. The fourth-order valence-electron chi connectivity index (χ4n) is 3.73. The van der Waals surface area contributed by atoms with Crippen LogP contribution in [0.15, 0.2) is 66.7 Å². The van der Waals surface area contributed by atoms with Gasteiger partial charge in [0.2, 0.25) is 11.4 Å². The van der Waals surface area contributed by atoms with Crippen LogP contribution in [-0.4, -0.2) is 28.0 Å². The van der Waals surface area contributed by atoms with E-state index in [0.717, 1.165) is 24.4 Å². The van der Waals surface area contributed by atoms with Crippen LogP contribution >= 0.6 is 0 Å². The molecule has 1 aromatic heterocycles. The van der Waals surface area contributed by atoms with Gasteiger partial charge in [-0.2, -0.15) is 0 Å². The Balaban J connectivity index is 1.84. The number of ether oxygens (including phenoxy) is 1. The van der Waals surface area contributed by atoms with Gasteiger partial charge in [-0.15, -0.1) is 0 Å². The molecule has 0 saturated heterocycles. The van der Waals surface area contributed by atoms with Gasteiger partial charge in [0.05, 0.1) is 0 Å². The van der Waals surface area contributed by atoms with Gasteiger partial charge in [-0.1, -0.05) is 67.6 Å². The molecule has 30 heavy (non-hydrogen) atoms. The second-order valence-corrected chi connectivity index (χ2v) is 7.38. The van der Waals surface area contributed by atoms with E-state index in [-0.39, 0.29) is 5.78 Å². The first kappa shape index (κ1) is 21.5. The molecule has 0 aliphatic rings. The van der Waals surface area contributed by atoms with Gasteiger partial charge in [0.25, 0.3) is 0 Å². The maximum atomic E-state index is 13.0. The molecule has 0 atom stereocenters. The zero-order valence-corrected chi connectivity index (χ0v) is 17.6. The summed E-state index contributed by atoms with van der Waals surface area (Å²) in [6.07, 6.45) is 0.958. The minimum atomic E-state index is -2.00. The van der Waals surface area contributed by atoms with Crippen LogP contribution < -0.4 is 0 Å². The average Bonchev–Trinajstić information content (AvgIpc) is 3.06. The van der Waals surface area contributed by atoms with Crippen LogP contribution in [0.4, 0.5) is 0 Å². The first-order chi connectivity index (χ1) is 14.4. The van der Waals surface area contributed by atoms with Crippen LogP contribution in [0.3, 0.4) is 0 Å². The molecule has 1 heterocycles. The van der Waals surface area contributed by atoms with Crippen molar-refractivity contribution in [1.29, 1.82) is 0 Å². The zero-order chi connectivity index (χ0) is 21.7. The van der Waals surface area contributed by atoms with Crippen molar-refractivity contribution in [2.45, 2.75) is 39.3 Å². The number of rotatable bonds is 8. The number of Topliss-reactive ketones (excluding diaryl/α,β-unsaturated/α-hetero) is 1. The standard InChI is InChI=1S/C25H27NO4/c1-4-15-26-18(2)16-22(19(26)3)23(27)17-30-24(28)25(29,20-11-7-5-8-12-20)21-13-9-6-10-14-21/h5-14,16,29H,4,15,17H2,1-3H3. The molecule has 5 heteroatoms. The Morgan fingerprint density at radius 3 is 2.00 bits per heavy atom. The number of benzene rings is 2. The molecular weight excluding hydrogens is 378 g/mol. The predicted octanol–water partition coefficient (Wildman–Crippen LogP) is 4.18.